The number of nitrogens with zero attached hydrogens (tertiary/aromatic N) is 1. The first-order valence-corrected chi connectivity index (χ1v) is 6.68. The summed E-state index contributed by atoms with van der Waals surface area (Å²) in [7, 11) is 0. The number of hydrogen-bond acceptors (Lipinski definition) is 3. The van der Waals surface area contributed by atoms with E-state index in [4.69, 9.17) is 0 Å². The van der Waals surface area contributed by atoms with E-state index in [1.165, 1.54) is 0 Å². The third kappa shape index (κ3) is 3.32. The number of para-hydroxylation sites is 1. The monoisotopic (exact) mass is 277 g/mol. The van der Waals surface area contributed by atoms with E-state index >= 15 is 0 Å². The van der Waals surface area contributed by atoms with Crippen LogP contribution in [0.1, 0.15) is 18.1 Å². The minimum atomic E-state index is -4.17. The fraction of sp³-hybridized carbons (Fsp3) is 0.500. The summed E-state index contributed by atoms with van der Waals surface area (Å²) < 4.78 is 36.2. The number of fused-ring (bicyclic) bond motifs is 1. The van der Waals surface area contributed by atoms with Crippen LogP contribution in [-0.4, -0.2) is 29.5 Å². The Balaban J connectivity index is 2.01. The summed E-state index contributed by atoms with van der Waals surface area (Å²) in [5.41, 5.74) is -2.52. The van der Waals surface area contributed by atoms with E-state index in [-0.39, 0.29) is 17.5 Å². The molecule has 18 heavy (non-hydrogen) atoms. The van der Waals surface area contributed by atoms with Gasteiger partial charge in [-0.05, 0) is 24.2 Å². The van der Waals surface area contributed by atoms with Crippen LogP contribution in [0.25, 0.3) is 0 Å². The summed E-state index contributed by atoms with van der Waals surface area (Å²) in [6.07, 6.45) is 0.0565. The van der Waals surface area contributed by atoms with Crippen LogP contribution in [0.3, 0.4) is 0 Å². The fourth-order valence-electron chi connectivity index (χ4n) is 2.12. The molecule has 0 aromatic heterocycles. The number of anilines is 1. The van der Waals surface area contributed by atoms with Gasteiger partial charge in [0, 0.05) is 30.1 Å². The predicted octanol–water partition coefficient (Wildman–Crippen LogP) is 3.18. The van der Waals surface area contributed by atoms with E-state index in [0.29, 0.717) is 19.5 Å². The second-order valence-electron chi connectivity index (χ2n) is 4.14. The topological polar surface area (TPSA) is 23.5 Å². The van der Waals surface area contributed by atoms with Crippen molar-refractivity contribution in [2.24, 2.45) is 0 Å². The fourth-order valence-corrected chi connectivity index (χ4v) is 2.66. The molecule has 2 rings (SSSR count). The van der Waals surface area contributed by atoms with Crippen molar-refractivity contribution in [1.82, 2.24) is 0 Å². The number of rotatable bonds is 3. The Kier molecular flexibility index (Phi) is 4.07. The number of aliphatic hydroxyl groups excluding tert-OH is 1. The Labute approximate surface area is 108 Å². The molecule has 1 N–H and O–H groups in total. The molecule has 0 saturated carbocycles. The molecule has 0 saturated heterocycles. The first kappa shape index (κ1) is 13.5. The molecular formula is C12H14F3NOS. The van der Waals surface area contributed by atoms with Gasteiger partial charge in [-0.15, -0.1) is 0 Å². The van der Waals surface area contributed by atoms with Gasteiger partial charge < -0.3 is 10.0 Å². The van der Waals surface area contributed by atoms with Crippen molar-refractivity contribution in [2.75, 3.05) is 23.7 Å². The summed E-state index contributed by atoms with van der Waals surface area (Å²) >= 11 is -0.00148. The van der Waals surface area contributed by atoms with Crippen molar-refractivity contribution in [3.05, 3.63) is 29.8 Å². The number of halogens is 3. The van der Waals surface area contributed by atoms with Crippen molar-refractivity contribution >= 4 is 17.4 Å². The average Bonchev–Trinajstić information content (AvgIpc) is 2.31. The van der Waals surface area contributed by atoms with Gasteiger partial charge in [-0.1, -0.05) is 18.2 Å². The highest BCUT2D eigenvalue weighted by Crippen LogP contribution is 2.35. The highest BCUT2D eigenvalue weighted by atomic mass is 32.2. The standard InChI is InChI=1S/C12H14F3NOS/c13-12(14,15)18-8-7-16-6-5-11(17)9-3-1-2-4-10(9)16/h1-4,11,17H,5-8H2. The lowest BCUT2D eigenvalue weighted by atomic mass is 9.99. The molecular weight excluding hydrogens is 263 g/mol. The van der Waals surface area contributed by atoms with Crippen LogP contribution in [0.2, 0.25) is 0 Å². The Hall–Kier alpha value is -0.880. The summed E-state index contributed by atoms with van der Waals surface area (Å²) in [6, 6.07) is 7.33. The molecule has 0 fully saturated rings. The largest absolute Gasteiger partial charge is 0.441 e. The number of benzene rings is 1. The second kappa shape index (κ2) is 5.40. The lowest BCUT2D eigenvalue weighted by Gasteiger charge is -2.33. The number of hydrogen-bond donors (Lipinski definition) is 1. The van der Waals surface area contributed by atoms with Gasteiger partial charge in [-0.2, -0.15) is 13.2 Å². The summed E-state index contributed by atoms with van der Waals surface area (Å²) in [6.45, 7) is 0.935. The molecule has 2 nitrogen and oxygen atoms in total. The molecule has 0 aliphatic carbocycles. The van der Waals surface area contributed by atoms with Gasteiger partial charge in [0.1, 0.15) is 0 Å². The van der Waals surface area contributed by atoms with Gasteiger partial charge >= 0.3 is 5.51 Å². The molecule has 1 heterocycles. The smallest absolute Gasteiger partial charge is 0.388 e. The third-order valence-corrected chi connectivity index (χ3v) is 3.65. The Bertz CT molecular complexity index is 411. The maximum atomic E-state index is 12.1. The van der Waals surface area contributed by atoms with Crippen LogP contribution in [0.5, 0.6) is 0 Å². The zero-order chi connectivity index (χ0) is 13.2. The van der Waals surface area contributed by atoms with Crippen molar-refractivity contribution in [2.45, 2.75) is 18.0 Å². The van der Waals surface area contributed by atoms with E-state index in [9.17, 15) is 18.3 Å². The maximum Gasteiger partial charge on any atom is 0.441 e. The van der Waals surface area contributed by atoms with Crippen LogP contribution in [0.4, 0.5) is 18.9 Å². The average molecular weight is 277 g/mol. The minimum absolute atomic E-state index is 0.00148. The second-order valence-corrected chi connectivity index (χ2v) is 5.30. The van der Waals surface area contributed by atoms with Crippen LogP contribution >= 0.6 is 11.8 Å². The van der Waals surface area contributed by atoms with Crippen LogP contribution < -0.4 is 4.90 Å². The van der Waals surface area contributed by atoms with Crippen molar-refractivity contribution in [3.8, 4) is 0 Å². The normalized spacial score (nSPS) is 19.8. The SMILES string of the molecule is OC1CCN(CCSC(F)(F)F)c2ccccc21. The first-order valence-electron chi connectivity index (χ1n) is 5.70. The Morgan fingerprint density at radius 3 is 2.78 bits per heavy atom. The quantitative estimate of drug-likeness (QED) is 0.918. The molecule has 1 aromatic carbocycles. The summed E-state index contributed by atoms with van der Waals surface area (Å²) in [5, 5.41) is 9.82. The van der Waals surface area contributed by atoms with E-state index in [1.54, 1.807) is 0 Å². The van der Waals surface area contributed by atoms with Gasteiger partial charge in [0.15, 0.2) is 0 Å². The third-order valence-electron chi connectivity index (χ3n) is 2.94. The van der Waals surface area contributed by atoms with Gasteiger partial charge in [0.2, 0.25) is 0 Å². The molecule has 100 valence electrons. The lowest BCUT2D eigenvalue weighted by Crippen LogP contribution is -2.33. The highest BCUT2D eigenvalue weighted by Gasteiger charge is 2.29. The molecule has 0 amide bonds. The van der Waals surface area contributed by atoms with Crippen LogP contribution in [-0.2, 0) is 0 Å². The summed E-state index contributed by atoms with van der Waals surface area (Å²) in [4.78, 5) is 1.90. The highest BCUT2D eigenvalue weighted by molar-refractivity contribution is 8.00. The van der Waals surface area contributed by atoms with Crippen molar-refractivity contribution in [3.63, 3.8) is 0 Å². The van der Waals surface area contributed by atoms with Gasteiger partial charge in [0.05, 0.1) is 6.10 Å². The molecule has 1 aliphatic rings. The molecule has 6 heteroatoms. The summed E-state index contributed by atoms with van der Waals surface area (Å²) in [5.74, 6) is 0.00787. The molecule has 0 bridgehead atoms. The maximum absolute atomic E-state index is 12.1. The first-order chi connectivity index (χ1) is 8.47. The van der Waals surface area contributed by atoms with Crippen molar-refractivity contribution in [1.29, 1.82) is 0 Å². The number of alkyl halides is 3. The van der Waals surface area contributed by atoms with Crippen LogP contribution in [0.15, 0.2) is 24.3 Å². The van der Waals surface area contributed by atoms with Gasteiger partial charge in [0.25, 0.3) is 0 Å². The predicted molar refractivity (Wildman–Crippen MR) is 66.7 cm³/mol. The van der Waals surface area contributed by atoms with E-state index in [0.717, 1.165) is 11.3 Å². The lowest BCUT2D eigenvalue weighted by molar-refractivity contribution is -0.0327. The Morgan fingerprint density at radius 2 is 2.06 bits per heavy atom. The molecule has 0 spiro atoms. The number of aliphatic hydroxyl groups is 1. The van der Waals surface area contributed by atoms with Crippen molar-refractivity contribution < 1.29 is 18.3 Å². The number of thioether (sulfide) groups is 1. The van der Waals surface area contributed by atoms with E-state index in [2.05, 4.69) is 0 Å². The molecule has 1 atom stereocenters. The van der Waals surface area contributed by atoms with E-state index < -0.39 is 11.6 Å². The molecule has 1 aliphatic heterocycles. The van der Waals surface area contributed by atoms with Crippen LogP contribution in [0, 0.1) is 0 Å². The molecule has 0 radical (unpaired) electrons. The molecule has 1 aromatic rings. The molecule has 1 unspecified atom stereocenters. The Morgan fingerprint density at radius 1 is 1.33 bits per heavy atom. The van der Waals surface area contributed by atoms with E-state index in [1.807, 2.05) is 29.2 Å². The zero-order valence-corrected chi connectivity index (χ0v) is 10.5. The minimum Gasteiger partial charge on any atom is -0.388 e. The zero-order valence-electron chi connectivity index (χ0n) is 9.65. The van der Waals surface area contributed by atoms with Gasteiger partial charge in [-0.3, -0.25) is 0 Å². The van der Waals surface area contributed by atoms with Gasteiger partial charge in [-0.25, -0.2) is 0 Å².